The first-order chi connectivity index (χ1) is 4.27. The summed E-state index contributed by atoms with van der Waals surface area (Å²) in [6, 6.07) is 0. The second kappa shape index (κ2) is 3.91. The number of allylic oxidation sites excluding steroid dienone is 2. The monoisotopic (exact) mass is 204 g/mol. The molecule has 2 N–H and O–H groups in total. The predicted molar refractivity (Wildman–Crippen MR) is 38.1 cm³/mol. The number of halogens is 1. The largest absolute Gasteiger partial charge is 1.00 e. The van der Waals surface area contributed by atoms with Crippen LogP contribution in [0.2, 0.25) is 0 Å². The van der Waals surface area contributed by atoms with Crippen molar-refractivity contribution in [2.24, 2.45) is 5.84 Å². The van der Waals surface area contributed by atoms with Gasteiger partial charge in [-0.1, -0.05) is 6.08 Å². The number of likely N-dealkylation sites (N-methyl/N-ethyl adjacent to an activating group) is 1. The minimum atomic E-state index is 0. The molecule has 1 rings (SSSR count). The number of rotatable bonds is 1. The molecular weight excluding hydrogens is 192 g/mol. The number of nitrogens with zero attached hydrogens (tertiary/aromatic N) is 1. The Bertz CT molecular complexity index is 154. The number of quaternary nitrogens is 1. The van der Waals surface area contributed by atoms with E-state index >= 15 is 0 Å². The summed E-state index contributed by atoms with van der Waals surface area (Å²) in [5, 5.41) is 0. The average Bonchev–Trinajstić information content (AvgIpc) is 1.90. The molecule has 0 amide bonds. The minimum absolute atomic E-state index is 0. The molecule has 0 saturated carbocycles. The van der Waals surface area contributed by atoms with Gasteiger partial charge in [0.05, 0.1) is 6.54 Å². The lowest BCUT2D eigenvalue weighted by Crippen LogP contribution is -3.00. The van der Waals surface area contributed by atoms with E-state index in [0.717, 1.165) is 13.1 Å². The van der Waals surface area contributed by atoms with E-state index in [1.54, 1.807) is 0 Å². The second-order valence-electron chi connectivity index (χ2n) is 2.37. The number of hydrogen-bond acceptors (Lipinski definition) is 1. The Morgan fingerprint density at radius 3 is 2.50 bits per heavy atom. The topological polar surface area (TPSA) is 26.0 Å². The lowest BCUT2D eigenvalue weighted by Gasteiger charge is -2.26. The van der Waals surface area contributed by atoms with Gasteiger partial charge in [0.1, 0.15) is 12.7 Å². The Balaban J connectivity index is 0.000000810. The van der Waals surface area contributed by atoms with Crippen LogP contribution >= 0.6 is 0 Å². The molecule has 0 spiro atoms. The van der Waals surface area contributed by atoms with Crippen LogP contribution in [0, 0.1) is 0 Å². The molecule has 0 aromatic rings. The van der Waals surface area contributed by atoms with Crippen LogP contribution in [0.15, 0.2) is 24.4 Å². The van der Waals surface area contributed by atoms with E-state index in [2.05, 4.69) is 13.0 Å². The van der Waals surface area contributed by atoms with Gasteiger partial charge < -0.3 is 17.0 Å². The van der Waals surface area contributed by atoms with Gasteiger partial charge in [0.15, 0.2) is 0 Å². The van der Waals surface area contributed by atoms with Crippen molar-refractivity contribution in [2.75, 3.05) is 13.1 Å². The van der Waals surface area contributed by atoms with Gasteiger partial charge in [-0.3, -0.25) is 0 Å². The maximum Gasteiger partial charge on any atom is 0.119 e. The molecule has 1 unspecified atom stereocenters. The van der Waals surface area contributed by atoms with Gasteiger partial charge in [-0.2, -0.15) is 5.84 Å². The zero-order valence-corrected chi connectivity index (χ0v) is 7.71. The van der Waals surface area contributed by atoms with Gasteiger partial charge in [-0.05, 0) is 19.1 Å². The van der Waals surface area contributed by atoms with Gasteiger partial charge in [0, 0.05) is 0 Å². The van der Waals surface area contributed by atoms with Crippen molar-refractivity contribution in [1.82, 2.24) is 0 Å². The van der Waals surface area contributed by atoms with Crippen molar-refractivity contribution in [1.29, 1.82) is 0 Å². The molecule has 0 saturated heterocycles. The normalized spacial score (nSPS) is 29.8. The third-order valence-corrected chi connectivity index (χ3v) is 1.66. The van der Waals surface area contributed by atoms with Crippen molar-refractivity contribution in [3.63, 3.8) is 0 Å². The molecule has 0 aromatic heterocycles. The molecule has 10 heavy (non-hydrogen) atoms. The molecule has 1 aliphatic heterocycles. The maximum absolute atomic E-state index is 5.86. The zero-order valence-electron chi connectivity index (χ0n) is 6.13. The van der Waals surface area contributed by atoms with Crippen molar-refractivity contribution in [2.45, 2.75) is 6.92 Å². The van der Waals surface area contributed by atoms with Crippen LogP contribution in [0.25, 0.3) is 0 Å². The number of nitrogens with two attached hydrogens (primary N) is 1. The van der Waals surface area contributed by atoms with Crippen molar-refractivity contribution >= 4 is 0 Å². The fourth-order valence-corrected chi connectivity index (χ4v) is 0.852. The van der Waals surface area contributed by atoms with Crippen molar-refractivity contribution in [3.05, 3.63) is 24.4 Å². The molecule has 2 nitrogen and oxygen atoms in total. The first-order valence-electron chi connectivity index (χ1n) is 3.26. The Hall–Kier alpha value is -0.120. The van der Waals surface area contributed by atoms with E-state index < -0.39 is 0 Å². The quantitative estimate of drug-likeness (QED) is 0.381. The summed E-state index contributed by atoms with van der Waals surface area (Å²) in [7, 11) is 0. The fraction of sp³-hybridized carbons (Fsp3) is 0.429. The van der Waals surface area contributed by atoms with E-state index in [0.29, 0.717) is 4.59 Å². The molecule has 0 fully saturated rings. The SMILES string of the molecule is CC[N+]1(N)C=CC=CC1.[Br-]. The van der Waals surface area contributed by atoms with E-state index in [-0.39, 0.29) is 17.0 Å². The summed E-state index contributed by atoms with van der Waals surface area (Å²) < 4.78 is 0.552. The average molecular weight is 205 g/mol. The van der Waals surface area contributed by atoms with Crippen molar-refractivity contribution in [3.8, 4) is 0 Å². The Labute approximate surface area is 72.3 Å². The fourth-order valence-electron chi connectivity index (χ4n) is 0.852. The van der Waals surface area contributed by atoms with E-state index in [1.165, 1.54) is 0 Å². The highest BCUT2D eigenvalue weighted by atomic mass is 79.9. The zero-order chi connectivity index (χ0) is 6.74. The Morgan fingerprint density at radius 1 is 1.50 bits per heavy atom. The molecule has 0 aromatic carbocycles. The molecule has 58 valence electrons. The summed E-state index contributed by atoms with van der Waals surface area (Å²) in [5.74, 6) is 5.86. The Kier molecular flexibility index (Phi) is 3.86. The highest BCUT2D eigenvalue weighted by Crippen LogP contribution is 2.03. The molecule has 0 bridgehead atoms. The predicted octanol–water partition coefficient (Wildman–Crippen LogP) is -2.22. The van der Waals surface area contributed by atoms with E-state index in [9.17, 15) is 0 Å². The standard InChI is InChI=1S/C7H13N2.BrH/c1-2-9(8)6-4-3-5-7-9;/h3-6H,2,7-8H2,1H3;1H/q+1;/p-1. The first kappa shape index (κ1) is 9.88. The smallest absolute Gasteiger partial charge is 0.119 e. The van der Waals surface area contributed by atoms with Crippen LogP contribution < -0.4 is 22.8 Å². The highest BCUT2D eigenvalue weighted by molar-refractivity contribution is 5.03. The van der Waals surface area contributed by atoms with E-state index in [4.69, 9.17) is 5.84 Å². The number of hydrogen-bond donors (Lipinski definition) is 1. The van der Waals surface area contributed by atoms with Crippen molar-refractivity contribution < 1.29 is 21.6 Å². The molecule has 1 heterocycles. The molecule has 0 aliphatic carbocycles. The minimum Gasteiger partial charge on any atom is -1.00 e. The highest BCUT2D eigenvalue weighted by Gasteiger charge is 2.15. The lowest BCUT2D eigenvalue weighted by molar-refractivity contribution is -0.884. The molecular formula is C7H13BrN2. The lowest BCUT2D eigenvalue weighted by atomic mass is 10.3. The van der Waals surface area contributed by atoms with Gasteiger partial charge in [-0.15, -0.1) is 0 Å². The third kappa shape index (κ3) is 2.25. The van der Waals surface area contributed by atoms with Crippen LogP contribution in [0.4, 0.5) is 0 Å². The molecule has 1 aliphatic rings. The van der Waals surface area contributed by atoms with Gasteiger partial charge >= 0.3 is 0 Å². The summed E-state index contributed by atoms with van der Waals surface area (Å²) in [4.78, 5) is 0. The van der Waals surface area contributed by atoms with E-state index in [1.807, 2.05) is 18.4 Å². The molecule has 1 atom stereocenters. The van der Waals surface area contributed by atoms with Crippen LogP contribution in [0.3, 0.4) is 0 Å². The van der Waals surface area contributed by atoms with Gasteiger partial charge in [0.25, 0.3) is 0 Å². The van der Waals surface area contributed by atoms with Gasteiger partial charge in [0.2, 0.25) is 0 Å². The summed E-state index contributed by atoms with van der Waals surface area (Å²) in [6.45, 7) is 3.97. The van der Waals surface area contributed by atoms with Gasteiger partial charge in [-0.25, -0.2) is 4.59 Å². The Morgan fingerprint density at radius 2 is 2.20 bits per heavy atom. The first-order valence-corrected chi connectivity index (χ1v) is 3.26. The van der Waals surface area contributed by atoms with Crippen LogP contribution in [0.5, 0.6) is 0 Å². The summed E-state index contributed by atoms with van der Waals surface area (Å²) in [6.07, 6.45) is 8.12. The summed E-state index contributed by atoms with van der Waals surface area (Å²) in [5.41, 5.74) is 0. The molecule has 0 radical (unpaired) electrons. The maximum atomic E-state index is 5.86. The van der Waals surface area contributed by atoms with Crippen LogP contribution in [-0.2, 0) is 0 Å². The summed E-state index contributed by atoms with van der Waals surface area (Å²) >= 11 is 0. The second-order valence-corrected chi connectivity index (χ2v) is 2.37. The third-order valence-electron chi connectivity index (χ3n) is 1.66. The molecule has 3 heteroatoms. The van der Waals surface area contributed by atoms with Crippen LogP contribution in [0.1, 0.15) is 6.92 Å². The van der Waals surface area contributed by atoms with Crippen LogP contribution in [-0.4, -0.2) is 17.7 Å².